The lowest BCUT2D eigenvalue weighted by atomic mass is 10.1. The molecule has 1 aliphatic heterocycles. The third kappa shape index (κ3) is 5.93. The van der Waals surface area contributed by atoms with Gasteiger partial charge in [-0.1, -0.05) is 12.1 Å². The minimum absolute atomic E-state index is 0.151. The predicted octanol–water partition coefficient (Wildman–Crippen LogP) is 1.47. The molecule has 1 aliphatic rings. The van der Waals surface area contributed by atoms with Crippen molar-refractivity contribution >= 4 is 17.8 Å². The Bertz CT molecular complexity index is 931. The summed E-state index contributed by atoms with van der Waals surface area (Å²) >= 11 is 0. The molecule has 2 N–H and O–H groups in total. The van der Waals surface area contributed by atoms with E-state index in [0.29, 0.717) is 18.7 Å². The van der Waals surface area contributed by atoms with Crippen LogP contribution >= 0.6 is 0 Å². The Morgan fingerprint density at radius 1 is 1.13 bits per heavy atom. The van der Waals surface area contributed by atoms with Crippen LogP contribution in [-0.4, -0.2) is 84.8 Å². The highest BCUT2D eigenvalue weighted by Gasteiger charge is 2.21. The molecule has 31 heavy (non-hydrogen) atoms. The molecular formula is C22H26N6O3. The van der Waals surface area contributed by atoms with E-state index in [-0.39, 0.29) is 12.5 Å². The molecule has 162 valence electrons. The van der Waals surface area contributed by atoms with E-state index in [1.165, 1.54) is 7.05 Å². The standard InChI is InChI=1S/C22H26N6O3/c1-24-21(29)16-28(22(30)31)13-10-26-8-11-27(12-9-26)20-7-6-19(15-25-20)18-4-2-17(14-23)3-5-18/h2-7,15H,8-13,16H2,1H3,(H,24,29)(H,30,31). The van der Waals surface area contributed by atoms with E-state index in [0.717, 1.165) is 48.0 Å². The quantitative estimate of drug-likeness (QED) is 0.695. The number of piperazine rings is 1. The first-order valence-corrected chi connectivity index (χ1v) is 10.1. The number of carboxylic acid groups (broad SMARTS) is 1. The van der Waals surface area contributed by atoms with Gasteiger partial charge >= 0.3 is 6.09 Å². The molecule has 0 atom stereocenters. The number of carbonyl (C=O) groups is 2. The summed E-state index contributed by atoms with van der Waals surface area (Å²) in [5, 5.41) is 20.6. The van der Waals surface area contributed by atoms with Crippen LogP contribution in [0.15, 0.2) is 42.6 Å². The molecule has 0 spiro atoms. The molecule has 1 aromatic heterocycles. The lowest BCUT2D eigenvalue weighted by molar-refractivity contribution is -0.121. The molecule has 3 rings (SSSR count). The first-order chi connectivity index (χ1) is 15.0. The number of pyridine rings is 1. The topological polar surface area (TPSA) is 113 Å². The molecule has 1 fully saturated rings. The molecule has 1 aromatic carbocycles. The Kier molecular flexibility index (Phi) is 7.40. The van der Waals surface area contributed by atoms with Crippen LogP contribution in [0.25, 0.3) is 11.1 Å². The van der Waals surface area contributed by atoms with Crippen molar-refractivity contribution < 1.29 is 14.7 Å². The summed E-state index contributed by atoms with van der Waals surface area (Å²) < 4.78 is 0. The van der Waals surface area contributed by atoms with E-state index in [9.17, 15) is 14.7 Å². The average Bonchev–Trinajstić information content (AvgIpc) is 2.82. The Morgan fingerprint density at radius 2 is 1.81 bits per heavy atom. The van der Waals surface area contributed by atoms with Gasteiger partial charge in [-0.3, -0.25) is 14.6 Å². The second-order valence-corrected chi connectivity index (χ2v) is 7.30. The molecule has 0 bridgehead atoms. The number of carbonyl (C=O) groups excluding carboxylic acids is 1. The van der Waals surface area contributed by atoms with Gasteiger partial charge in [-0.25, -0.2) is 9.78 Å². The first kappa shape index (κ1) is 22.1. The molecule has 0 unspecified atom stereocenters. The fourth-order valence-electron chi connectivity index (χ4n) is 3.44. The fourth-order valence-corrected chi connectivity index (χ4v) is 3.44. The molecule has 0 radical (unpaired) electrons. The van der Waals surface area contributed by atoms with Crippen molar-refractivity contribution in [3.8, 4) is 17.2 Å². The average molecular weight is 422 g/mol. The van der Waals surface area contributed by atoms with Crippen molar-refractivity contribution in [1.29, 1.82) is 5.26 Å². The van der Waals surface area contributed by atoms with Crippen molar-refractivity contribution in [2.45, 2.75) is 0 Å². The molecule has 0 aliphatic carbocycles. The number of hydrogen-bond donors (Lipinski definition) is 2. The maximum absolute atomic E-state index is 11.5. The summed E-state index contributed by atoms with van der Waals surface area (Å²) in [5.74, 6) is 0.589. The van der Waals surface area contributed by atoms with Crippen LogP contribution in [0.4, 0.5) is 10.6 Å². The number of amides is 2. The highest BCUT2D eigenvalue weighted by Crippen LogP contribution is 2.22. The van der Waals surface area contributed by atoms with E-state index in [2.05, 4.69) is 26.2 Å². The molecule has 2 aromatic rings. The maximum Gasteiger partial charge on any atom is 0.407 e. The van der Waals surface area contributed by atoms with E-state index in [1.807, 2.05) is 30.5 Å². The van der Waals surface area contributed by atoms with E-state index < -0.39 is 6.09 Å². The van der Waals surface area contributed by atoms with Crippen LogP contribution in [0.5, 0.6) is 0 Å². The van der Waals surface area contributed by atoms with Gasteiger partial charge in [0, 0.05) is 58.1 Å². The summed E-state index contributed by atoms with van der Waals surface area (Å²) in [6.07, 6.45) is 0.751. The van der Waals surface area contributed by atoms with Gasteiger partial charge in [-0.05, 0) is 29.8 Å². The second kappa shape index (κ2) is 10.4. The van der Waals surface area contributed by atoms with E-state index >= 15 is 0 Å². The Labute approximate surface area is 181 Å². The van der Waals surface area contributed by atoms with E-state index in [1.54, 1.807) is 12.1 Å². The van der Waals surface area contributed by atoms with Crippen LogP contribution < -0.4 is 10.2 Å². The van der Waals surface area contributed by atoms with Crippen molar-refractivity contribution in [2.24, 2.45) is 0 Å². The third-order valence-electron chi connectivity index (χ3n) is 5.36. The van der Waals surface area contributed by atoms with Gasteiger partial charge in [-0.2, -0.15) is 5.26 Å². The maximum atomic E-state index is 11.5. The summed E-state index contributed by atoms with van der Waals surface area (Å²) in [5.41, 5.74) is 2.64. The summed E-state index contributed by atoms with van der Waals surface area (Å²) in [6.45, 7) is 3.92. The van der Waals surface area contributed by atoms with Gasteiger partial charge in [0.1, 0.15) is 12.4 Å². The van der Waals surface area contributed by atoms with Crippen LogP contribution in [0, 0.1) is 11.3 Å². The zero-order chi connectivity index (χ0) is 22.2. The lowest BCUT2D eigenvalue weighted by Crippen LogP contribution is -2.50. The number of anilines is 1. The van der Waals surface area contributed by atoms with Crippen LogP contribution in [-0.2, 0) is 4.79 Å². The fraction of sp³-hybridized carbons (Fsp3) is 0.364. The molecule has 2 heterocycles. The van der Waals surface area contributed by atoms with Crippen molar-refractivity contribution in [3.63, 3.8) is 0 Å². The zero-order valence-corrected chi connectivity index (χ0v) is 17.5. The smallest absolute Gasteiger partial charge is 0.407 e. The van der Waals surface area contributed by atoms with Gasteiger partial charge in [0.15, 0.2) is 0 Å². The van der Waals surface area contributed by atoms with Crippen molar-refractivity contribution in [1.82, 2.24) is 20.1 Å². The number of nitrogens with zero attached hydrogens (tertiary/aromatic N) is 5. The minimum Gasteiger partial charge on any atom is -0.465 e. The molecule has 2 amide bonds. The molecule has 9 heteroatoms. The predicted molar refractivity (Wildman–Crippen MR) is 117 cm³/mol. The minimum atomic E-state index is -1.09. The van der Waals surface area contributed by atoms with Crippen molar-refractivity contribution in [2.75, 3.05) is 57.8 Å². The normalized spacial score (nSPS) is 14.0. The van der Waals surface area contributed by atoms with Gasteiger partial charge in [0.05, 0.1) is 11.6 Å². The summed E-state index contributed by atoms with van der Waals surface area (Å²) in [7, 11) is 1.49. The third-order valence-corrected chi connectivity index (χ3v) is 5.36. The first-order valence-electron chi connectivity index (χ1n) is 10.1. The molecule has 1 saturated heterocycles. The van der Waals surface area contributed by atoms with Crippen molar-refractivity contribution in [3.05, 3.63) is 48.2 Å². The van der Waals surface area contributed by atoms with Gasteiger partial charge in [0.2, 0.25) is 5.91 Å². The molecule has 9 nitrogen and oxygen atoms in total. The highest BCUT2D eigenvalue weighted by molar-refractivity contribution is 5.81. The second-order valence-electron chi connectivity index (χ2n) is 7.30. The Balaban J connectivity index is 1.50. The zero-order valence-electron chi connectivity index (χ0n) is 17.5. The summed E-state index contributed by atoms with van der Waals surface area (Å²) in [6, 6.07) is 13.6. The monoisotopic (exact) mass is 422 g/mol. The Hall–Kier alpha value is -3.64. The van der Waals surface area contributed by atoms with Gasteiger partial charge in [0.25, 0.3) is 0 Å². The SMILES string of the molecule is CNC(=O)CN(CCN1CCN(c2ccc(-c3ccc(C#N)cc3)cn2)CC1)C(=O)O. The molecular weight excluding hydrogens is 396 g/mol. The number of aromatic nitrogens is 1. The molecule has 0 saturated carbocycles. The van der Waals surface area contributed by atoms with Crippen LogP contribution in [0.1, 0.15) is 5.56 Å². The summed E-state index contributed by atoms with van der Waals surface area (Å²) in [4.78, 5) is 32.9. The highest BCUT2D eigenvalue weighted by atomic mass is 16.4. The number of benzene rings is 1. The van der Waals surface area contributed by atoms with Gasteiger partial charge < -0.3 is 15.3 Å². The lowest BCUT2D eigenvalue weighted by Gasteiger charge is -2.36. The Morgan fingerprint density at radius 3 is 2.35 bits per heavy atom. The number of nitriles is 1. The van der Waals surface area contributed by atoms with Crippen LogP contribution in [0.2, 0.25) is 0 Å². The van der Waals surface area contributed by atoms with E-state index in [4.69, 9.17) is 5.26 Å². The number of likely N-dealkylation sites (N-methyl/N-ethyl adjacent to an activating group) is 1. The van der Waals surface area contributed by atoms with Gasteiger partial charge in [-0.15, -0.1) is 0 Å². The number of rotatable bonds is 7. The van der Waals surface area contributed by atoms with Crippen LogP contribution in [0.3, 0.4) is 0 Å². The number of hydrogen-bond acceptors (Lipinski definition) is 6. The largest absolute Gasteiger partial charge is 0.465 e. The number of nitrogens with one attached hydrogen (secondary N) is 1.